The molecule has 0 saturated heterocycles. The Kier molecular flexibility index (Phi) is 8.33. The Morgan fingerprint density at radius 3 is 1.35 bits per heavy atom. The van der Waals surface area contributed by atoms with Gasteiger partial charge in [0.15, 0.2) is 0 Å². The largest absolute Gasteiger partial charge is 0.354 e. The van der Waals surface area contributed by atoms with Gasteiger partial charge in [-0.3, -0.25) is 9.97 Å². The molecular weight excluding hydrogens is 622 g/mol. The molecule has 1 aliphatic heterocycles. The highest BCUT2D eigenvalue weighted by Crippen LogP contribution is 2.53. The van der Waals surface area contributed by atoms with Gasteiger partial charge in [0.05, 0.1) is 11.0 Å². The first-order valence-corrected chi connectivity index (χ1v) is 20.7. The summed E-state index contributed by atoms with van der Waals surface area (Å²) in [7, 11) is -1.37. The van der Waals surface area contributed by atoms with Crippen LogP contribution in [0, 0.1) is 0 Å². The van der Waals surface area contributed by atoms with E-state index >= 15 is 0 Å². The molecular formula is C42H42N4P2. The molecule has 2 aliphatic carbocycles. The van der Waals surface area contributed by atoms with Crippen LogP contribution in [0.4, 0.5) is 22.7 Å². The van der Waals surface area contributed by atoms with E-state index in [1.54, 1.807) is 0 Å². The molecule has 3 aliphatic rings. The number of hydrogen-bond acceptors (Lipinski definition) is 4. The van der Waals surface area contributed by atoms with Gasteiger partial charge in [0.1, 0.15) is 0 Å². The van der Waals surface area contributed by atoms with Crippen LogP contribution in [0.25, 0.3) is 21.8 Å². The van der Waals surface area contributed by atoms with Crippen molar-refractivity contribution < 1.29 is 0 Å². The molecule has 2 unspecified atom stereocenters. The Bertz CT molecular complexity index is 1950. The van der Waals surface area contributed by atoms with Crippen molar-refractivity contribution in [3.8, 4) is 0 Å². The number of aromatic nitrogens is 2. The van der Waals surface area contributed by atoms with Crippen molar-refractivity contribution in [2.45, 2.75) is 75.5 Å². The molecule has 2 fully saturated rings. The summed E-state index contributed by atoms with van der Waals surface area (Å²) in [5, 5.41) is 16.5. The fraction of sp³-hybridized carbons (Fsp3) is 0.286. The van der Waals surface area contributed by atoms with Crippen LogP contribution in [0.2, 0.25) is 0 Å². The van der Waals surface area contributed by atoms with Gasteiger partial charge in [-0.05, 0) is 101 Å². The number of para-hydroxylation sites is 2. The number of rotatable bonds is 2. The monoisotopic (exact) mass is 664 g/mol. The quantitative estimate of drug-likeness (QED) is 0.181. The van der Waals surface area contributed by atoms with Crippen LogP contribution >= 0.6 is 15.8 Å². The van der Waals surface area contributed by atoms with Gasteiger partial charge in [0.2, 0.25) is 0 Å². The van der Waals surface area contributed by atoms with Gasteiger partial charge in [-0.15, -0.1) is 0 Å². The number of nitrogens with zero attached hydrogens (tertiary/aromatic N) is 2. The fourth-order valence-corrected chi connectivity index (χ4v) is 14.9. The maximum atomic E-state index is 4.87. The van der Waals surface area contributed by atoms with Crippen LogP contribution in [0.5, 0.6) is 0 Å². The highest BCUT2D eigenvalue weighted by atomic mass is 31.1. The first-order chi connectivity index (χ1) is 23.8. The number of anilines is 4. The van der Waals surface area contributed by atoms with E-state index < -0.39 is 15.8 Å². The van der Waals surface area contributed by atoms with Crippen LogP contribution in [0.3, 0.4) is 0 Å². The lowest BCUT2D eigenvalue weighted by Crippen LogP contribution is -2.30. The van der Waals surface area contributed by atoms with E-state index in [4.69, 9.17) is 9.97 Å². The highest BCUT2D eigenvalue weighted by Gasteiger charge is 2.34. The normalized spacial score (nSPS) is 20.2. The van der Waals surface area contributed by atoms with Gasteiger partial charge in [0, 0.05) is 67.1 Å². The van der Waals surface area contributed by atoms with Gasteiger partial charge in [0.25, 0.3) is 0 Å². The first kappa shape index (κ1) is 30.2. The minimum absolute atomic E-state index is 0.627. The summed E-state index contributed by atoms with van der Waals surface area (Å²) in [6.07, 6.45) is 16.9. The standard InChI is InChI=1S/C42H42N4P2/c1-3-15-31(16-4-1)47-39-21-9-7-19-33(39)45-34-20-8-10-22-40(34)48(32-17-5-2-6-18-32)42-26-30-14-12-24-44-36(30)28-38(42)46-37-27-35-29(25-41(37)47)13-11-23-43-35/h7-14,19-28,31-32,45-46H,1-6,15-18H2. The van der Waals surface area contributed by atoms with E-state index in [9.17, 15) is 0 Å². The predicted molar refractivity (Wildman–Crippen MR) is 209 cm³/mol. The maximum Gasteiger partial charge on any atom is 0.0723 e. The third-order valence-electron chi connectivity index (χ3n) is 10.7. The molecule has 240 valence electrons. The summed E-state index contributed by atoms with van der Waals surface area (Å²) < 4.78 is 0. The molecule has 2 atom stereocenters. The summed E-state index contributed by atoms with van der Waals surface area (Å²) in [4.78, 5) is 9.74. The topological polar surface area (TPSA) is 49.8 Å². The van der Waals surface area contributed by atoms with Crippen LogP contribution in [0.1, 0.15) is 64.2 Å². The molecule has 9 rings (SSSR count). The number of nitrogens with one attached hydrogen (secondary N) is 2. The van der Waals surface area contributed by atoms with Crippen LogP contribution in [-0.4, -0.2) is 21.3 Å². The molecule has 4 aromatic carbocycles. The Morgan fingerprint density at radius 1 is 0.438 bits per heavy atom. The third kappa shape index (κ3) is 5.68. The van der Waals surface area contributed by atoms with Gasteiger partial charge in [-0.2, -0.15) is 0 Å². The summed E-state index contributed by atoms with van der Waals surface area (Å²) in [5.74, 6) is 0. The lowest BCUT2D eigenvalue weighted by Gasteiger charge is -2.37. The Hall–Kier alpha value is -3.84. The van der Waals surface area contributed by atoms with E-state index in [0.717, 1.165) is 11.0 Å². The number of fused-ring (bicyclic) bond motifs is 6. The second-order valence-electron chi connectivity index (χ2n) is 13.7. The van der Waals surface area contributed by atoms with E-state index in [0.29, 0.717) is 11.3 Å². The second-order valence-corrected chi connectivity index (χ2v) is 18.6. The van der Waals surface area contributed by atoms with Gasteiger partial charge in [-0.1, -0.05) is 87.1 Å². The molecule has 0 bridgehead atoms. The average Bonchev–Trinajstić information content (AvgIpc) is 3.14. The summed E-state index contributed by atoms with van der Waals surface area (Å²) in [6.45, 7) is 0. The van der Waals surface area contributed by atoms with Crippen molar-refractivity contribution in [2.24, 2.45) is 0 Å². The van der Waals surface area contributed by atoms with Crippen molar-refractivity contribution in [2.75, 3.05) is 10.6 Å². The first-order valence-electron chi connectivity index (χ1n) is 17.9. The van der Waals surface area contributed by atoms with E-state index in [1.807, 2.05) is 12.4 Å². The Balaban J connectivity index is 1.36. The van der Waals surface area contributed by atoms with E-state index in [-0.39, 0.29) is 0 Å². The molecule has 48 heavy (non-hydrogen) atoms. The zero-order valence-corrected chi connectivity index (χ0v) is 29.2. The van der Waals surface area contributed by atoms with Gasteiger partial charge < -0.3 is 10.6 Å². The minimum Gasteiger partial charge on any atom is -0.354 e. The number of pyridine rings is 2. The van der Waals surface area contributed by atoms with Crippen molar-refractivity contribution in [3.63, 3.8) is 0 Å². The van der Waals surface area contributed by atoms with Gasteiger partial charge in [-0.25, -0.2) is 0 Å². The summed E-state index contributed by atoms with van der Waals surface area (Å²) in [6, 6.07) is 36.7. The van der Waals surface area contributed by atoms with Crippen molar-refractivity contribution in [3.05, 3.63) is 109 Å². The SMILES string of the molecule is c1ccc2c(c1)Nc1ccccc1P(C1CCCCC1)c1cc3cccnc3cc1Nc1cc3ncccc3cc1P2C1CCCCC1. The van der Waals surface area contributed by atoms with E-state index in [1.165, 1.54) is 119 Å². The molecule has 2 aromatic heterocycles. The lowest BCUT2D eigenvalue weighted by molar-refractivity contribution is 0.513. The molecule has 2 N–H and O–H groups in total. The third-order valence-corrected chi connectivity index (χ3v) is 16.8. The van der Waals surface area contributed by atoms with Crippen molar-refractivity contribution in [1.82, 2.24) is 9.97 Å². The lowest BCUT2D eigenvalue weighted by atomic mass is 10.0. The zero-order valence-electron chi connectivity index (χ0n) is 27.4. The molecule has 0 amide bonds. The van der Waals surface area contributed by atoms with Gasteiger partial charge >= 0.3 is 0 Å². The fourth-order valence-electron chi connectivity index (χ4n) is 8.41. The van der Waals surface area contributed by atoms with Crippen molar-refractivity contribution >= 4 is 81.6 Å². The Morgan fingerprint density at radius 2 is 0.875 bits per heavy atom. The molecule has 4 nitrogen and oxygen atoms in total. The van der Waals surface area contributed by atoms with Crippen LogP contribution in [0.15, 0.2) is 109 Å². The molecule has 0 spiro atoms. The van der Waals surface area contributed by atoms with Crippen molar-refractivity contribution in [1.29, 1.82) is 0 Å². The zero-order chi connectivity index (χ0) is 31.9. The number of hydrogen-bond donors (Lipinski definition) is 2. The molecule has 0 radical (unpaired) electrons. The molecule has 2 saturated carbocycles. The predicted octanol–water partition coefficient (Wildman–Crippen LogP) is 10.1. The highest BCUT2D eigenvalue weighted by molar-refractivity contribution is 7.75. The van der Waals surface area contributed by atoms with Crippen LogP contribution < -0.4 is 31.9 Å². The summed E-state index contributed by atoms with van der Waals surface area (Å²) >= 11 is 0. The average molecular weight is 665 g/mol. The van der Waals surface area contributed by atoms with Crippen LogP contribution in [-0.2, 0) is 0 Å². The molecule has 3 heterocycles. The minimum atomic E-state index is -0.687. The maximum absolute atomic E-state index is 4.87. The second kappa shape index (κ2) is 13.2. The molecule has 6 aromatic rings. The smallest absolute Gasteiger partial charge is 0.0723 e. The Labute approximate surface area is 286 Å². The number of benzene rings is 4. The summed E-state index contributed by atoms with van der Waals surface area (Å²) in [5.41, 5.74) is 8.28. The van der Waals surface area contributed by atoms with E-state index in [2.05, 4.69) is 108 Å². The molecule has 6 heteroatoms.